The summed E-state index contributed by atoms with van der Waals surface area (Å²) in [6.07, 6.45) is 0. The first-order chi connectivity index (χ1) is 3.66. The average Bonchev–Trinajstić information content (AvgIpc) is 1.65. The molecule has 8 heavy (non-hydrogen) atoms. The number of hydrogen-bond acceptors (Lipinski definition) is 2. The van der Waals surface area contributed by atoms with Crippen molar-refractivity contribution in [2.45, 2.75) is 13.8 Å². The van der Waals surface area contributed by atoms with Gasteiger partial charge in [0.05, 0.1) is 3.72 Å². The van der Waals surface area contributed by atoms with Gasteiger partial charge < -0.3 is 0 Å². The van der Waals surface area contributed by atoms with E-state index in [1.165, 1.54) is 0 Å². The highest BCUT2D eigenvalue weighted by molar-refractivity contribution is 14.1. The summed E-state index contributed by atoms with van der Waals surface area (Å²) in [4.78, 5) is 4.08. The minimum absolute atomic E-state index is 0.945. The van der Waals surface area contributed by atoms with Crippen LogP contribution in [0.3, 0.4) is 0 Å². The van der Waals surface area contributed by atoms with Crippen molar-refractivity contribution in [1.82, 2.24) is 0 Å². The lowest BCUT2D eigenvalue weighted by Crippen LogP contribution is -1.73. The van der Waals surface area contributed by atoms with Gasteiger partial charge in [-0.05, 0) is 41.8 Å². The lowest BCUT2D eigenvalue weighted by Gasteiger charge is -1.86. The summed E-state index contributed by atoms with van der Waals surface area (Å²) in [7, 11) is 0. The Kier molecular flexibility index (Phi) is 4.64. The Morgan fingerprint density at radius 2 is 2.12 bits per heavy atom. The normalized spacial score (nSPS) is 14.5. The Morgan fingerprint density at radius 1 is 1.62 bits per heavy atom. The molecule has 0 unspecified atom stereocenters. The maximum absolute atomic E-state index is 4.08. The summed E-state index contributed by atoms with van der Waals surface area (Å²) in [5, 5.41) is 1.68. The van der Waals surface area contributed by atoms with Gasteiger partial charge in [-0.2, -0.15) is 0 Å². The summed E-state index contributed by atoms with van der Waals surface area (Å²) >= 11 is 6.07. The Balaban J connectivity index is 3.89. The minimum atomic E-state index is 0.945. The molecule has 0 rings (SSSR count). The van der Waals surface area contributed by atoms with E-state index in [-0.39, 0.29) is 0 Å². The molecule has 0 spiro atoms. The molecule has 0 aliphatic heterocycles. The standard InChI is InChI=1S/C5H8INS/c1-4(3-8)7-5(2)6/h3,8H,1-2H3/b4-3-,7-5-. The van der Waals surface area contributed by atoms with Crippen LogP contribution in [-0.2, 0) is 0 Å². The van der Waals surface area contributed by atoms with Gasteiger partial charge in [0, 0.05) is 5.70 Å². The van der Waals surface area contributed by atoms with Crippen LogP contribution in [0.2, 0.25) is 0 Å². The summed E-state index contributed by atoms with van der Waals surface area (Å²) in [6.45, 7) is 3.86. The van der Waals surface area contributed by atoms with Crippen LogP contribution in [0, 0.1) is 0 Å². The lowest BCUT2D eigenvalue weighted by atomic mass is 10.6. The third-order valence-corrected chi connectivity index (χ3v) is 1.13. The van der Waals surface area contributed by atoms with Crippen molar-refractivity contribution in [3.63, 3.8) is 0 Å². The third-order valence-electron chi connectivity index (χ3n) is 0.517. The first kappa shape index (κ1) is 8.49. The van der Waals surface area contributed by atoms with E-state index in [1.54, 1.807) is 5.41 Å². The van der Waals surface area contributed by atoms with E-state index in [0.717, 1.165) is 9.42 Å². The second-order valence-corrected chi connectivity index (χ2v) is 3.20. The van der Waals surface area contributed by atoms with E-state index in [1.807, 2.05) is 13.8 Å². The number of rotatable bonds is 1. The summed E-state index contributed by atoms with van der Waals surface area (Å²) in [5.74, 6) is 0. The predicted molar refractivity (Wildman–Crippen MR) is 49.9 cm³/mol. The fourth-order valence-corrected chi connectivity index (χ4v) is 0.710. The highest BCUT2D eigenvalue weighted by atomic mass is 127. The quantitative estimate of drug-likeness (QED) is 0.411. The first-order valence-corrected chi connectivity index (χ1v) is 3.78. The molecule has 0 bridgehead atoms. The molecule has 0 aromatic heterocycles. The predicted octanol–water partition coefficient (Wildman–Crippen LogP) is 2.63. The van der Waals surface area contributed by atoms with Crippen LogP contribution in [0.1, 0.15) is 13.8 Å². The zero-order valence-corrected chi connectivity index (χ0v) is 7.90. The number of aliphatic imine (C=N–C) groups is 1. The molecular formula is C5H8INS. The maximum atomic E-state index is 4.08. The second kappa shape index (κ2) is 4.38. The van der Waals surface area contributed by atoms with Gasteiger partial charge in [0.15, 0.2) is 0 Å². The molecule has 0 aromatic carbocycles. The maximum Gasteiger partial charge on any atom is 0.0756 e. The highest BCUT2D eigenvalue weighted by Gasteiger charge is 1.80. The summed E-state index contributed by atoms with van der Waals surface area (Å²) < 4.78 is 1.03. The monoisotopic (exact) mass is 241 g/mol. The largest absolute Gasteiger partial charge is 0.251 e. The molecule has 0 saturated heterocycles. The van der Waals surface area contributed by atoms with E-state index >= 15 is 0 Å². The molecule has 0 aliphatic rings. The molecule has 3 heteroatoms. The molecule has 0 atom stereocenters. The Bertz CT molecular complexity index is 124. The van der Waals surface area contributed by atoms with Crippen LogP contribution >= 0.6 is 35.2 Å². The Hall–Kier alpha value is 0.490. The van der Waals surface area contributed by atoms with Crippen molar-refractivity contribution in [2.24, 2.45) is 4.99 Å². The van der Waals surface area contributed by atoms with Gasteiger partial charge in [0.1, 0.15) is 0 Å². The van der Waals surface area contributed by atoms with Crippen molar-refractivity contribution in [2.75, 3.05) is 0 Å². The number of thiol groups is 1. The molecule has 0 amide bonds. The molecule has 0 heterocycles. The van der Waals surface area contributed by atoms with Crippen LogP contribution in [0.15, 0.2) is 16.1 Å². The molecule has 0 fully saturated rings. The molecular weight excluding hydrogens is 233 g/mol. The van der Waals surface area contributed by atoms with E-state index in [0.29, 0.717) is 0 Å². The molecule has 0 saturated carbocycles. The molecule has 0 aromatic rings. The number of allylic oxidation sites excluding steroid dienone is 1. The zero-order chi connectivity index (χ0) is 6.57. The number of nitrogens with zero attached hydrogens (tertiary/aromatic N) is 1. The summed E-state index contributed by atoms with van der Waals surface area (Å²) in [6, 6.07) is 0. The van der Waals surface area contributed by atoms with Gasteiger partial charge in [-0.3, -0.25) is 4.99 Å². The fraction of sp³-hybridized carbons (Fsp3) is 0.400. The SMILES string of the molecule is CC(=C/S)/N=C(/C)I. The van der Waals surface area contributed by atoms with E-state index in [4.69, 9.17) is 0 Å². The van der Waals surface area contributed by atoms with E-state index in [9.17, 15) is 0 Å². The van der Waals surface area contributed by atoms with Crippen molar-refractivity contribution in [1.29, 1.82) is 0 Å². The lowest BCUT2D eigenvalue weighted by molar-refractivity contribution is 1.33. The van der Waals surface area contributed by atoms with Crippen molar-refractivity contribution >= 4 is 38.9 Å². The highest BCUT2D eigenvalue weighted by Crippen LogP contribution is 1.99. The van der Waals surface area contributed by atoms with Crippen molar-refractivity contribution < 1.29 is 0 Å². The first-order valence-electron chi connectivity index (χ1n) is 2.18. The van der Waals surface area contributed by atoms with Gasteiger partial charge in [-0.15, -0.1) is 12.6 Å². The molecule has 0 N–H and O–H groups in total. The molecule has 0 radical (unpaired) electrons. The zero-order valence-electron chi connectivity index (χ0n) is 4.85. The Labute approximate surface area is 68.8 Å². The van der Waals surface area contributed by atoms with Gasteiger partial charge >= 0.3 is 0 Å². The van der Waals surface area contributed by atoms with Gasteiger partial charge in [0.2, 0.25) is 0 Å². The van der Waals surface area contributed by atoms with Crippen LogP contribution in [0.25, 0.3) is 0 Å². The van der Waals surface area contributed by atoms with E-state index < -0.39 is 0 Å². The second-order valence-electron chi connectivity index (χ2n) is 1.38. The smallest absolute Gasteiger partial charge is 0.0756 e. The van der Waals surface area contributed by atoms with Gasteiger partial charge in [-0.25, -0.2) is 0 Å². The number of hydrogen-bond donors (Lipinski definition) is 1. The molecule has 1 nitrogen and oxygen atoms in total. The van der Waals surface area contributed by atoms with Crippen LogP contribution < -0.4 is 0 Å². The Morgan fingerprint density at radius 3 is 2.25 bits per heavy atom. The van der Waals surface area contributed by atoms with Crippen molar-refractivity contribution in [3.8, 4) is 0 Å². The van der Waals surface area contributed by atoms with E-state index in [2.05, 4.69) is 40.2 Å². The third kappa shape index (κ3) is 4.64. The summed E-state index contributed by atoms with van der Waals surface area (Å²) in [5.41, 5.74) is 0.945. The van der Waals surface area contributed by atoms with Gasteiger partial charge in [0.25, 0.3) is 0 Å². The topological polar surface area (TPSA) is 12.4 Å². The minimum Gasteiger partial charge on any atom is -0.251 e. The fourth-order valence-electron chi connectivity index (χ4n) is 0.272. The van der Waals surface area contributed by atoms with Crippen molar-refractivity contribution in [3.05, 3.63) is 11.1 Å². The van der Waals surface area contributed by atoms with Crippen LogP contribution in [0.5, 0.6) is 0 Å². The molecule has 0 aliphatic carbocycles. The van der Waals surface area contributed by atoms with Gasteiger partial charge in [-0.1, -0.05) is 0 Å². The van der Waals surface area contributed by atoms with Crippen LogP contribution in [-0.4, -0.2) is 3.72 Å². The average molecular weight is 241 g/mol. The number of halogens is 1. The van der Waals surface area contributed by atoms with Crippen LogP contribution in [0.4, 0.5) is 0 Å². The molecule has 46 valence electrons.